The molecule has 3 aliphatic heterocycles. The minimum Gasteiger partial charge on any atom is -0.465 e. The van der Waals surface area contributed by atoms with Crippen LogP contribution in [-0.4, -0.2) is 89.4 Å². The van der Waals surface area contributed by atoms with Crippen molar-refractivity contribution < 1.29 is 19.4 Å². The number of nitrogens with zero attached hydrogens (tertiary/aromatic N) is 3. The van der Waals surface area contributed by atoms with E-state index in [1.807, 2.05) is 11.0 Å². The van der Waals surface area contributed by atoms with Gasteiger partial charge in [0.05, 0.1) is 13.2 Å². The molecule has 28 heavy (non-hydrogen) atoms. The lowest BCUT2D eigenvalue weighted by molar-refractivity contribution is -0.146. The van der Waals surface area contributed by atoms with E-state index >= 15 is 0 Å². The molecular formula is C20H28N4O4. The first-order chi connectivity index (χ1) is 13.5. The van der Waals surface area contributed by atoms with Gasteiger partial charge < -0.3 is 14.7 Å². The molecular weight excluding hydrogens is 360 g/mol. The first-order valence-corrected chi connectivity index (χ1v) is 9.78. The predicted molar refractivity (Wildman–Crippen MR) is 103 cm³/mol. The number of amides is 2. The molecule has 0 aromatic heterocycles. The van der Waals surface area contributed by atoms with Crippen LogP contribution in [0.3, 0.4) is 0 Å². The molecule has 0 bridgehead atoms. The number of rotatable bonds is 4. The third-order valence-electron chi connectivity index (χ3n) is 6.27. The molecule has 8 heteroatoms. The lowest BCUT2D eigenvalue weighted by Crippen LogP contribution is -2.70. The van der Waals surface area contributed by atoms with Gasteiger partial charge in [0.2, 0.25) is 5.91 Å². The van der Waals surface area contributed by atoms with Crippen LogP contribution in [0.5, 0.6) is 0 Å². The molecule has 0 aliphatic carbocycles. The second-order valence-corrected chi connectivity index (χ2v) is 8.25. The van der Waals surface area contributed by atoms with Gasteiger partial charge in [-0.3, -0.25) is 19.9 Å². The van der Waals surface area contributed by atoms with Crippen LogP contribution in [-0.2, 0) is 16.1 Å². The monoisotopic (exact) mass is 388 g/mol. The summed E-state index contributed by atoms with van der Waals surface area (Å²) in [6.45, 7) is 3.84. The van der Waals surface area contributed by atoms with Crippen LogP contribution in [0.25, 0.3) is 0 Å². The molecule has 8 nitrogen and oxygen atoms in total. The summed E-state index contributed by atoms with van der Waals surface area (Å²) in [4.78, 5) is 29.7. The maximum atomic E-state index is 12.7. The van der Waals surface area contributed by atoms with E-state index in [9.17, 15) is 14.7 Å². The van der Waals surface area contributed by atoms with E-state index in [1.165, 1.54) is 10.5 Å². The average Bonchev–Trinajstić information content (AvgIpc) is 2.99. The summed E-state index contributed by atoms with van der Waals surface area (Å²) in [6, 6.07) is 10.4. The van der Waals surface area contributed by atoms with Gasteiger partial charge >= 0.3 is 6.09 Å². The quantitative estimate of drug-likeness (QED) is 0.793. The Bertz CT molecular complexity index is 735. The molecule has 1 aromatic carbocycles. The van der Waals surface area contributed by atoms with E-state index in [2.05, 4.69) is 34.5 Å². The second-order valence-electron chi connectivity index (χ2n) is 8.25. The summed E-state index contributed by atoms with van der Waals surface area (Å²) in [5.41, 5.74) is 0.346. The molecule has 3 fully saturated rings. The number of nitrogens with one attached hydrogen (secondary N) is 1. The molecule has 3 saturated heterocycles. The minimum absolute atomic E-state index is 0.0846. The van der Waals surface area contributed by atoms with Gasteiger partial charge in [-0.15, -0.1) is 0 Å². The first kappa shape index (κ1) is 19.2. The van der Waals surface area contributed by atoms with Crippen LogP contribution in [0.1, 0.15) is 18.4 Å². The molecule has 0 saturated carbocycles. The smallest absolute Gasteiger partial charge is 0.407 e. The Morgan fingerprint density at radius 1 is 1.21 bits per heavy atom. The Labute approximate surface area is 165 Å². The molecule has 3 heterocycles. The number of ether oxygens (including phenoxy) is 1. The number of hydrogen-bond donors (Lipinski definition) is 2. The van der Waals surface area contributed by atoms with Crippen LogP contribution < -0.4 is 5.32 Å². The van der Waals surface area contributed by atoms with Gasteiger partial charge in [-0.1, -0.05) is 30.3 Å². The number of methoxy groups -OCH3 is 1. The second kappa shape index (κ2) is 7.35. The summed E-state index contributed by atoms with van der Waals surface area (Å²) >= 11 is 0. The van der Waals surface area contributed by atoms with Crippen molar-refractivity contribution in [1.29, 1.82) is 0 Å². The number of piperidine rings is 1. The summed E-state index contributed by atoms with van der Waals surface area (Å²) in [7, 11) is 1.59. The number of likely N-dealkylation sites (tertiary alicyclic amines) is 1. The number of piperazine rings is 1. The number of carboxylic acid groups (broad SMARTS) is 1. The van der Waals surface area contributed by atoms with Crippen molar-refractivity contribution in [3.05, 3.63) is 35.9 Å². The predicted octanol–water partition coefficient (Wildman–Crippen LogP) is 0.789. The van der Waals surface area contributed by atoms with Crippen LogP contribution in [0.2, 0.25) is 0 Å². The number of benzene rings is 1. The van der Waals surface area contributed by atoms with E-state index in [1.54, 1.807) is 7.11 Å². The van der Waals surface area contributed by atoms with E-state index in [0.29, 0.717) is 6.54 Å². The maximum Gasteiger partial charge on any atom is 0.407 e. The Balaban J connectivity index is 1.47. The molecule has 1 aromatic rings. The van der Waals surface area contributed by atoms with Gasteiger partial charge in [0.25, 0.3) is 0 Å². The zero-order valence-corrected chi connectivity index (χ0v) is 16.3. The van der Waals surface area contributed by atoms with E-state index in [-0.39, 0.29) is 31.1 Å². The number of carbonyl (C=O) groups is 2. The van der Waals surface area contributed by atoms with Crippen LogP contribution in [0.15, 0.2) is 30.3 Å². The number of fused-ring (bicyclic) bond motifs is 1. The average molecular weight is 388 g/mol. The Morgan fingerprint density at radius 3 is 2.57 bits per heavy atom. The normalized spacial score (nSPS) is 27.2. The Morgan fingerprint density at radius 2 is 1.93 bits per heavy atom. The molecule has 152 valence electrons. The van der Waals surface area contributed by atoms with Crippen molar-refractivity contribution in [3.8, 4) is 0 Å². The standard InChI is InChI=1S/C20H28N4O4/c1-28-15-20-14-23(18(26)27)12-17(25)24(20)13-19(21-20)7-9-22(10-8-19)11-16-5-3-2-4-6-16/h2-6,21H,7-15H2,1H3,(H,26,27). The zero-order chi connectivity index (χ0) is 19.8. The van der Waals surface area contributed by atoms with Crippen molar-refractivity contribution >= 4 is 12.0 Å². The van der Waals surface area contributed by atoms with Gasteiger partial charge in [0, 0.05) is 38.8 Å². The molecule has 1 unspecified atom stereocenters. The van der Waals surface area contributed by atoms with Gasteiger partial charge in [-0.2, -0.15) is 0 Å². The Kier molecular flexibility index (Phi) is 5.03. The fourth-order valence-corrected chi connectivity index (χ4v) is 4.92. The van der Waals surface area contributed by atoms with Crippen LogP contribution in [0.4, 0.5) is 4.79 Å². The minimum atomic E-state index is -1.07. The van der Waals surface area contributed by atoms with E-state index < -0.39 is 11.8 Å². The fourth-order valence-electron chi connectivity index (χ4n) is 4.92. The molecule has 1 atom stereocenters. The highest BCUT2D eigenvalue weighted by Gasteiger charge is 2.58. The highest BCUT2D eigenvalue weighted by molar-refractivity contribution is 5.84. The molecule has 3 aliphatic rings. The number of carbonyl (C=O) groups excluding carboxylic acids is 1. The number of hydrogen-bond acceptors (Lipinski definition) is 5. The van der Waals surface area contributed by atoms with Gasteiger partial charge in [0.15, 0.2) is 0 Å². The molecule has 2 N–H and O–H groups in total. The molecule has 4 rings (SSSR count). The lowest BCUT2D eigenvalue weighted by Gasteiger charge is -2.45. The van der Waals surface area contributed by atoms with Crippen molar-refractivity contribution in [1.82, 2.24) is 20.0 Å². The molecule has 1 spiro atoms. The van der Waals surface area contributed by atoms with E-state index in [4.69, 9.17) is 4.74 Å². The topological polar surface area (TPSA) is 85.3 Å². The maximum absolute atomic E-state index is 12.7. The first-order valence-electron chi connectivity index (χ1n) is 9.78. The van der Waals surface area contributed by atoms with Crippen molar-refractivity contribution in [2.45, 2.75) is 30.6 Å². The van der Waals surface area contributed by atoms with Gasteiger partial charge in [0.1, 0.15) is 12.2 Å². The van der Waals surface area contributed by atoms with Gasteiger partial charge in [-0.25, -0.2) is 4.79 Å². The SMILES string of the molecule is COCC12CN(C(=O)O)CC(=O)N1CC1(CCN(Cc3ccccc3)CC1)N2. The zero-order valence-electron chi connectivity index (χ0n) is 16.3. The molecule has 0 radical (unpaired) electrons. The fraction of sp³-hybridized carbons (Fsp3) is 0.600. The lowest BCUT2D eigenvalue weighted by atomic mass is 9.88. The van der Waals surface area contributed by atoms with Crippen LogP contribution in [0, 0.1) is 0 Å². The highest BCUT2D eigenvalue weighted by atomic mass is 16.5. The third-order valence-corrected chi connectivity index (χ3v) is 6.27. The largest absolute Gasteiger partial charge is 0.465 e. The van der Waals surface area contributed by atoms with Crippen molar-refractivity contribution in [2.75, 3.05) is 46.4 Å². The van der Waals surface area contributed by atoms with Gasteiger partial charge in [-0.05, 0) is 18.4 Å². The Hall–Kier alpha value is -2.16. The highest BCUT2D eigenvalue weighted by Crippen LogP contribution is 2.37. The van der Waals surface area contributed by atoms with Crippen molar-refractivity contribution in [3.63, 3.8) is 0 Å². The summed E-state index contributed by atoms with van der Waals surface area (Å²) < 4.78 is 5.41. The van der Waals surface area contributed by atoms with E-state index in [0.717, 1.165) is 32.5 Å². The van der Waals surface area contributed by atoms with Crippen molar-refractivity contribution in [2.24, 2.45) is 0 Å². The summed E-state index contributed by atoms with van der Waals surface area (Å²) in [5.74, 6) is -0.151. The third kappa shape index (κ3) is 3.47. The summed E-state index contributed by atoms with van der Waals surface area (Å²) in [5, 5.41) is 13.1. The van der Waals surface area contributed by atoms with Crippen LogP contribution >= 0.6 is 0 Å². The molecule has 2 amide bonds. The summed E-state index contributed by atoms with van der Waals surface area (Å²) in [6.07, 6.45) is 0.772.